The van der Waals surface area contributed by atoms with E-state index in [4.69, 9.17) is 9.47 Å². The molecule has 0 fully saturated rings. The van der Waals surface area contributed by atoms with E-state index < -0.39 is 0 Å². The van der Waals surface area contributed by atoms with Crippen LogP contribution in [0.4, 0.5) is 0 Å². The first kappa shape index (κ1) is 8.17. The van der Waals surface area contributed by atoms with Gasteiger partial charge in [0.15, 0.2) is 11.5 Å². The molecule has 1 heterocycles. The summed E-state index contributed by atoms with van der Waals surface area (Å²) in [5, 5.41) is 0. The second kappa shape index (κ2) is 3.13. The van der Waals surface area contributed by atoms with Crippen molar-refractivity contribution in [3.05, 3.63) is 36.3 Å². The molecule has 1 aliphatic heterocycles. The minimum Gasteiger partial charge on any atom is -0.458 e. The van der Waals surface area contributed by atoms with Crippen molar-refractivity contribution in [1.29, 1.82) is 0 Å². The molecule has 0 atom stereocenters. The highest BCUT2D eigenvalue weighted by atomic mass is 16.6. The second-order valence-corrected chi connectivity index (χ2v) is 3.34. The van der Waals surface area contributed by atoms with Crippen molar-refractivity contribution in [2.75, 3.05) is 0 Å². The fourth-order valence-corrected chi connectivity index (χ4v) is 1.16. The maximum atomic E-state index is 5.63. The van der Waals surface area contributed by atoms with Crippen LogP contribution >= 0.6 is 0 Å². The van der Waals surface area contributed by atoms with Gasteiger partial charge in [0.25, 0.3) is 0 Å². The molecule has 0 aromatic heterocycles. The fourth-order valence-electron chi connectivity index (χ4n) is 1.16. The van der Waals surface area contributed by atoms with Gasteiger partial charge in [0.1, 0.15) is 12.0 Å². The highest BCUT2D eigenvalue weighted by Crippen LogP contribution is 2.33. The number of fused-ring (bicyclic) bond motifs is 1. The Labute approximate surface area is 77.8 Å². The van der Waals surface area contributed by atoms with Gasteiger partial charge in [-0.1, -0.05) is 26.0 Å². The van der Waals surface area contributed by atoms with E-state index in [0.717, 1.165) is 17.3 Å². The van der Waals surface area contributed by atoms with E-state index in [2.05, 4.69) is 13.8 Å². The summed E-state index contributed by atoms with van der Waals surface area (Å²) in [7, 11) is 0. The van der Waals surface area contributed by atoms with E-state index >= 15 is 0 Å². The van der Waals surface area contributed by atoms with Gasteiger partial charge in [-0.05, 0) is 12.1 Å². The summed E-state index contributed by atoms with van der Waals surface area (Å²) in [6.45, 7) is 4.15. The van der Waals surface area contributed by atoms with E-state index in [-0.39, 0.29) is 0 Å². The Morgan fingerprint density at radius 1 is 1.08 bits per heavy atom. The SMILES string of the molecule is CC(C)C1=COc2ccccc2O1. The average Bonchev–Trinajstić information content (AvgIpc) is 2.17. The molecule has 0 aliphatic carbocycles. The third-order valence-corrected chi connectivity index (χ3v) is 1.95. The minimum atomic E-state index is 0.355. The molecule has 0 spiro atoms. The molecule has 0 amide bonds. The van der Waals surface area contributed by atoms with Crippen LogP contribution in [0, 0.1) is 5.92 Å². The first-order valence-electron chi connectivity index (χ1n) is 4.41. The summed E-state index contributed by atoms with van der Waals surface area (Å²) in [5.41, 5.74) is 0. The zero-order valence-corrected chi connectivity index (χ0v) is 7.78. The molecule has 68 valence electrons. The number of hydrogen-bond acceptors (Lipinski definition) is 2. The van der Waals surface area contributed by atoms with E-state index in [1.54, 1.807) is 6.26 Å². The molecule has 1 aromatic carbocycles. The number of rotatable bonds is 1. The number of hydrogen-bond donors (Lipinski definition) is 0. The number of allylic oxidation sites excluding steroid dienone is 1. The lowest BCUT2D eigenvalue weighted by atomic mass is 10.2. The van der Waals surface area contributed by atoms with Gasteiger partial charge in [-0.25, -0.2) is 0 Å². The Morgan fingerprint density at radius 2 is 1.77 bits per heavy atom. The van der Waals surface area contributed by atoms with Crippen molar-refractivity contribution >= 4 is 0 Å². The maximum Gasteiger partial charge on any atom is 0.169 e. The van der Waals surface area contributed by atoms with E-state index in [1.165, 1.54) is 0 Å². The smallest absolute Gasteiger partial charge is 0.169 e. The van der Waals surface area contributed by atoms with Gasteiger partial charge in [-0.15, -0.1) is 0 Å². The Balaban J connectivity index is 2.28. The van der Waals surface area contributed by atoms with Crippen molar-refractivity contribution < 1.29 is 9.47 Å². The standard InChI is InChI=1S/C11H12O2/c1-8(2)11-7-12-9-5-3-4-6-10(9)13-11/h3-8H,1-2H3. The number of para-hydroxylation sites is 2. The monoisotopic (exact) mass is 176 g/mol. The lowest BCUT2D eigenvalue weighted by molar-refractivity contribution is 0.291. The molecule has 0 bridgehead atoms. The van der Waals surface area contributed by atoms with Crippen molar-refractivity contribution in [3.63, 3.8) is 0 Å². The van der Waals surface area contributed by atoms with E-state index in [9.17, 15) is 0 Å². The molecule has 0 radical (unpaired) electrons. The molecule has 2 rings (SSSR count). The van der Waals surface area contributed by atoms with E-state index in [1.807, 2.05) is 24.3 Å². The largest absolute Gasteiger partial charge is 0.458 e. The lowest BCUT2D eigenvalue weighted by Gasteiger charge is -2.19. The molecular formula is C11H12O2. The third-order valence-electron chi connectivity index (χ3n) is 1.95. The number of ether oxygens (including phenoxy) is 2. The highest BCUT2D eigenvalue weighted by molar-refractivity contribution is 5.42. The molecule has 0 saturated heterocycles. The lowest BCUT2D eigenvalue weighted by Crippen LogP contribution is -2.09. The van der Waals surface area contributed by atoms with Gasteiger partial charge in [-0.2, -0.15) is 0 Å². The second-order valence-electron chi connectivity index (χ2n) is 3.34. The fraction of sp³-hybridized carbons (Fsp3) is 0.273. The van der Waals surface area contributed by atoms with Crippen molar-refractivity contribution in [2.45, 2.75) is 13.8 Å². The van der Waals surface area contributed by atoms with Crippen LogP contribution in [0.3, 0.4) is 0 Å². The molecule has 1 aromatic rings. The van der Waals surface area contributed by atoms with Gasteiger partial charge >= 0.3 is 0 Å². The highest BCUT2D eigenvalue weighted by Gasteiger charge is 2.15. The first-order chi connectivity index (χ1) is 6.27. The minimum absolute atomic E-state index is 0.355. The summed E-state index contributed by atoms with van der Waals surface area (Å²) < 4.78 is 11.0. The molecule has 2 heteroatoms. The summed E-state index contributed by atoms with van der Waals surface area (Å²) in [6, 6.07) is 7.66. The summed E-state index contributed by atoms with van der Waals surface area (Å²) in [4.78, 5) is 0. The maximum absolute atomic E-state index is 5.63. The molecule has 1 aliphatic rings. The zero-order valence-electron chi connectivity index (χ0n) is 7.78. The Hall–Kier alpha value is -1.44. The average molecular weight is 176 g/mol. The van der Waals surface area contributed by atoms with Crippen LogP contribution < -0.4 is 9.47 Å². The van der Waals surface area contributed by atoms with Crippen LogP contribution in [-0.2, 0) is 0 Å². The van der Waals surface area contributed by atoms with Crippen molar-refractivity contribution in [3.8, 4) is 11.5 Å². The zero-order chi connectivity index (χ0) is 9.26. The van der Waals surface area contributed by atoms with Crippen molar-refractivity contribution in [1.82, 2.24) is 0 Å². The molecule has 0 N–H and O–H groups in total. The van der Waals surface area contributed by atoms with Crippen LogP contribution in [0.5, 0.6) is 11.5 Å². The van der Waals surface area contributed by atoms with Crippen LogP contribution in [0.2, 0.25) is 0 Å². The van der Waals surface area contributed by atoms with Gasteiger partial charge < -0.3 is 9.47 Å². The predicted molar refractivity (Wildman–Crippen MR) is 50.6 cm³/mol. The quantitative estimate of drug-likeness (QED) is 0.655. The first-order valence-corrected chi connectivity index (χ1v) is 4.41. The summed E-state index contributed by atoms with van der Waals surface area (Å²) in [6.07, 6.45) is 1.67. The Morgan fingerprint density at radius 3 is 2.46 bits per heavy atom. The van der Waals surface area contributed by atoms with Crippen LogP contribution in [0.15, 0.2) is 36.3 Å². The molecule has 13 heavy (non-hydrogen) atoms. The Kier molecular flexibility index (Phi) is 1.97. The topological polar surface area (TPSA) is 18.5 Å². The van der Waals surface area contributed by atoms with Crippen LogP contribution in [-0.4, -0.2) is 0 Å². The summed E-state index contributed by atoms with van der Waals surface area (Å²) >= 11 is 0. The van der Waals surface area contributed by atoms with Crippen LogP contribution in [0.25, 0.3) is 0 Å². The molecular weight excluding hydrogens is 164 g/mol. The van der Waals surface area contributed by atoms with Crippen molar-refractivity contribution in [2.24, 2.45) is 5.92 Å². The molecule has 0 unspecified atom stereocenters. The van der Waals surface area contributed by atoms with Gasteiger partial charge in [0.2, 0.25) is 0 Å². The normalized spacial score (nSPS) is 14.2. The van der Waals surface area contributed by atoms with Gasteiger partial charge in [0, 0.05) is 5.92 Å². The molecule has 0 saturated carbocycles. The van der Waals surface area contributed by atoms with Gasteiger partial charge in [0.05, 0.1) is 0 Å². The number of benzene rings is 1. The molecule has 2 nitrogen and oxygen atoms in total. The summed E-state index contributed by atoms with van der Waals surface area (Å²) in [5.74, 6) is 2.81. The van der Waals surface area contributed by atoms with Gasteiger partial charge in [-0.3, -0.25) is 0 Å². The third kappa shape index (κ3) is 1.52. The van der Waals surface area contributed by atoms with E-state index in [0.29, 0.717) is 5.92 Å². The Bertz CT molecular complexity index is 340. The predicted octanol–water partition coefficient (Wildman–Crippen LogP) is 2.96. The van der Waals surface area contributed by atoms with Crippen LogP contribution in [0.1, 0.15) is 13.8 Å².